The fourth-order valence-electron chi connectivity index (χ4n) is 2.76. The molecule has 0 aliphatic heterocycles. The summed E-state index contributed by atoms with van der Waals surface area (Å²) in [6, 6.07) is 8.02. The molecule has 2 nitrogen and oxygen atoms in total. The maximum Gasteiger partial charge on any atom is 0.140 e. The van der Waals surface area contributed by atoms with Crippen LogP contribution in [0.1, 0.15) is 51.0 Å². The van der Waals surface area contributed by atoms with Crippen molar-refractivity contribution in [2.24, 2.45) is 5.92 Å². The molecule has 2 rings (SSSR count). The van der Waals surface area contributed by atoms with Gasteiger partial charge in [-0.25, -0.2) is 0 Å². The summed E-state index contributed by atoms with van der Waals surface area (Å²) in [5, 5.41) is 0. The first-order valence-electron chi connectivity index (χ1n) is 7.00. The third kappa shape index (κ3) is 2.92. The molecule has 0 radical (unpaired) electrons. The molecule has 0 spiro atoms. The van der Waals surface area contributed by atoms with E-state index < -0.39 is 0 Å². The molecular formula is C16H22O2. The summed E-state index contributed by atoms with van der Waals surface area (Å²) >= 11 is 0. The van der Waals surface area contributed by atoms with Gasteiger partial charge in [0.25, 0.3) is 0 Å². The van der Waals surface area contributed by atoms with Crippen LogP contribution in [0.15, 0.2) is 24.3 Å². The molecular weight excluding hydrogens is 224 g/mol. The molecule has 0 amide bonds. The van der Waals surface area contributed by atoms with E-state index in [0.717, 1.165) is 30.6 Å². The highest BCUT2D eigenvalue weighted by Crippen LogP contribution is 2.34. The smallest absolute Gasteiger partial charge is 0.140 e. The molecule has 0 unspecified atom stereocenters. The predicted molar refractivity (Wildman–Crippen MR) is 73.0 cm³/mol. The Morgan fingerprint density at radius 2 is 1.89 bits per heavy atom. The van der Waals surface area contributed by atoms with Crippen LogP contribution < -0.4 is 4.74 Å². The molecule has 2 atom stereocenters. The molecule has 98 valence electrons. The number of hydrogen-bond acceptors (Lipinski definition) is 2. The molecule has 1 saturated carbocycles. The van der Waals surface area contributed by atoms with Crippen molar-refractivity contribution in [2.45, 2.75) is 45.4 Å². The van der Waals surface area contributed by atoms with Gasteiger partial charge in [-0.3, -0.25) is 4.79 Å². The first-order valence-corrected chi connectivity index (χ1v) is 7.00. The molecule has 0 heterocycles. The van der Waals surface area contributed by atoms with Crippen LogP contribution in [0.25, 0.3) is 0 Å². The maximum atomic E-state index is 12.1. The van der Waals surface area contributed by atoms with Crippen LogP contribution in [0.3, 0.4) is 0 Å². The molecule has 1 aliphatic rings. The molecule has 0 saturated heterocycles. The molecule has 1 fully saturated rings. The van der Waals surface area contributed by atoms with Gasteiger partial charge in [0.15, 0.2) is 0 Å². The number of ether oxygens (including phenoxy) is 1. The van der Waals surface area contributed by atoms with Crippen molar-refractivity contribution in [2.75, 3.05) is 6.61 Å². The first-order chi connectivity index (χ1) is 8.74. The van der Waals surface area contributed by atoms with Gasteiger partial charge in [0.2, 0.25) is 0 Å². The summed E-state index contributed by atoms with van der Waals surface area (Å²) in [7, 11) is 0. The van der Waals surface area contributed by atoms with Crippen LogP contribution in [0.2, 0.25) is 0 Å². The largest absolute Gasteiger partial charge is 0.494 e. The van der Waals surface area contributed by atoms with Gasteiger partial charge in [-0.05, 0) is 43.4 Å². The van der Waals surface area contributed by atoms with Crippen LogP contribution in [-0.2, 0) is 4.79 Å². The molecule has 1 aliphatic carbocycles. The standard InChI is InChI=1S/C16H22O2/c1-3-12-5-10-15(16(17)11-12)13-6-8-14(9-7-13)18-4-2/h6-9,12,15H,3-5,10-11H2,1-2H3/t12-,15+/m0/s1. The Labute approximate surface area is 109 Å². The minimum absolute atomic E-state index is 0.114. The van der Waals surface area contributed by atoms with Crippen molar-refractivity contribution in [3.05, 3.63) is 29.8 Å². The van der Waals surface area contributed by atoms with Crippen LogP contribution in [0, 0.1) is 5.92 Å². The van der Waals surface area contributed by atoms with Crippen molar-refractivity contribution in [3.8, 4) is 5.75 Å². The highest BCUT2D eigenvalue weighted by atomic mass is 16.5. The van der Waals surface area contributed by atoms with Gasteiger partial charge in [0.1, 0.15) is 11.5 Å². The lowest BCUT2D eigenvalue weighted by Crippen LogP contribution is -2.23. The Kier molecular flexibility index (Phi) is 4.40. The van der Waals surface area contributed by atoms with E-state index in [1.807, 2.05) is 31.2 Å². The number of Topliss-reactive ketones (excluding diaryl/α,β-unsaturated/α-hetero) is 1. The van der Waals surface area contributed by atoms with Crippen molar-refractivity contribution in [3.63, 3.8) is 0 Å². The fraction of sp³-hybridized carbons (Fsp3) is 0.562. The van der Waals surface area contributed by atoms with E-state index in [4.69, 9.17) is 4.74 Å². The minimum atomic E-state index is 0.114. The lowest BCUT2D eigenvalue weighted by atomic mass is 9.77. The summed E-state index contributed by atoms with van der Waals surface area (Å²) in [5.41, 5.74) is 1.15. The van der Waals surface area contributed by atoms with Gasteiger partial charge in [0, 0.05) is 12.3 Å². The number of benzene rings is 1. The molecule has 2 heteroatoms. The number of ketones is 1. The summed E-state index contributed by atoms with van der Waals surface area (Å²) in [5.74, 6) is 2.02. The van der Waals surface area contributed by atoms with Crippen LogP contribution in [-0.4, -0.2) is 12.4 Å². The lowest BCUT2D eigenvalue weighted by molar-refractivity contribution is -0.123. The zero-order valence-electron chi connectivity index (χ0n) is 11.3. The summed E-state index contributed by atoms with van der Waals surface area (Å²) in [6.07, 6.45) is 4.07. The maximum absolute atomic E-state index is 12.1. The van der Waals surface area contributed by atoms with Gasteiger partial charge < -0.3 is 4.74 Å². The normalized spacial score (nSPS) is 24.0. The zero-order valence-corrected chi connectivity index (χ0v) is 11.3. The van der Waals surface area contributed by atoms with Gasteiger partial charge in [0.05, 0.1) is 6.61 Å². The van der Waals surface area contributed by atoms with Crippen molar-refractivity contribution in [1.82, 2.24) is 0 Å². The average molecular weight is 246 g/mol. The quantitative estimate of drug-likeness (QED) is 0.804. The fourth-order valence-corrected chi connectivity index (χ4v) is 2.76. The molecule has 0 aromatic heterocycles. The second kappa shape index (κ2) is 6.03. The van der Waals surface area contributed by atoms with Gasteiger partial charge >= 0.3 is 0 Å². The number of hydrogen-bond donors (Lipinski definition) is 0. The predicted octanol–water partition coefficient (Wildman–Crippen LogP) is 3.95. The van der Waals surface area contributed by atoms with Crippen LogP contribution in [0.5, 0.6) is 5.75 Å². The van der Waals surface area contributed by atoms with E-state index in [2.05, 4.69) is 6.92 Å². The van der Waals surface area contributed by atoms with E-state index in [-0.39, 0.29) is 5.92 Å². The van der Waals surface area contributed by atoms with Gasteiger partial charge in [-0.15, -0.1) is 0 Å². The summed E-state index contributed by atoms with van der Waals surface area (Å²) in [4.78, 5) is 12.1. The first kappa shape index (κ1) is 13.1. The highest BCUT2D eigenvalue weighted by molar-refractivity contribution is 5.86. The third-order valence-corrected chi connectivity index (χ3v) is 3.91. The SMILES string of the molecule is CCOc1ccc([C@H]2CC[C@H](CC)CC2=O)cc1. The monoisotopic (exact) mass is 246 g/mol. The number of carbonyl (C=O) groups is 1. The van der Waals surface area contributed by atoms with E-state index >= 15 is 0 Å². The van der Waals surface area contributed by atoms with Crippen molar-refractivity contribution >= 4 is 5.78 Å². The summed E-state index contributed by atoms with van der Waals surface area (Å²) < 4.78 is 5.42. The molecule has 1 aromatic rings. The van der Waals surface area contributed by atoms with E-state index in [1.165, 1.54) is 6.42 Å². The molecule has 0 N–H and O–H groups in total. The Morgan fingerprint density at radius 1 is 1.17 bits per heavy atom. The van der Waals surface area contributed by atoms with E-state index in [1.54, 1.807) is 0 Å². The topological polar surface area (TPSA) is 26.3 Å². The van der Waals surface area contributed by atoms with Crippen molar-refractivity contribution < 1.29 is 9.53 Å². The molecule has 18 heavy (non-hydrogen) atoms. The van der Waals surface area contributed by atoms with Crippen LogP contribution in [0.4, 0.5) is 0 Å². The Balaban J connectivity index is 2.05. The molecule has 0 bridgehead atoms. The number of rotatable bonds is 4. The van der Waals surface area contributed by atoms with Crippen LogP contribution >= 0.6 is 0 Å². The van der Waals surface area contributed by atoms with E-state index in [0.29, 0.717) is 18.3 Å². The minimum Gasteiger partial charge on any atom is -0.494 e. The Morgan fingerprint density at radius 3 is 2.44 bits per heavy atom. The second-order valence-corrected chi connectivity index (χ2v) is 5.08. The van der Waals surface area contributed by atoms with Crippen molar-refractivity contribution in [1.29, 1.82) is 0 Å². The highest BCUT2D eigenvalue weighted by Gasteiger charge is 2.28. The Hall–Kier alpha value is -1.31. The Bertz CT molecular complexity index is 394. The van der Waals surface area contributed by atoms with E-state index in [9.17, 15) is 4.79 Å². The second-order valence-electron chi connectivity index (χ2n) is 5.08. The lowest BCUT2D eigenvalue weighted by Gasteiger charge is -2.26. The average Bonchev–Trinajstić information content (AvgIpc) is 2.40. The number of carbonyl (C=O) groups excluding carboxylic acids is 1. The summed E-state index contributed by atoms with van der Waals surface area (Å²) in [6.45, 7) is 4.83. The molecule has 1 aromatic carbocycles. The van der Waals surface area contributed by atoms with Gasteiger partial charge in [-0.2, -0.15) is 0 Å². The third-order valence-electron chi connectivity index (χ3n) is 3.91. The van der Waals surface area contributed by atoms with Gasteiger partial charge in [-0.1, -0.05) is 25.5 Å². The zero-order chi connectivity index (χ0) is 13.0.